The number of likely N-dealkylation sites (tertiary alicyclic amines) is 2. The molecule has 0 radical (unpaired) electrons. The fourth-order valence-corrected chi connectivity index (χ4v) is 11.1. The van der Waals surface area contributed by atoms with Gasteiger partial charge in [0.15, 0.2) is 5.78 Å². The lowest BCUT2D eigenvalue weighted by Gasteiger charge is -2.32. The molecule has 0 bridgehead atoms. The Morgan fingerprint density at radius 3 is 1.76 bits per heavy atom. The second-order valence-corrected chi connectivity index (χ2v) is 22.3. The summed E-state index contributed by atoms with van der Waals surface area (Å²) in [7, 11) is 0. The van der Waals surface area contributed by atoms with Crippen molar-refractivity contribution in [3.63, 3.8) is 0 Å². The topological polar surface area (TPSA) is 206 Å². The second kappa shape index (κ2) is 31.2. The molecule has 2 aromatic carbocycles. The predicted molar refractivity (Wildman–Crippen MR) is 328 cm³/mol. The quantitative estimate of drug-likeness (QED) is 0.0231. The molecular formula is C65H91N11O7. The summed E-state index contributed by atoms with van der Waals surface area (Å²) in [4.78, 5) is 79.4. The van der Waals surface area contributed by atoms with Crippen molar-refractivity contribution in [2.24, 2.45) is 11.8 Å². The molecule has 4 aromatic heterocycles. The zero-order chi connectivity index (χ0) is 64.6. The van der Waals surface area contributed by atoms with Crippen LogP contribution in [0.25, 0.3) is 33.2 Å². The van der Waals surface area contributed by atoms with Crippen LogP contribution in [0.2, 0.25) is 0 Å². The van der Waals surface area contributed by atoms with Crippen LogP contribution in [0.3, 0.4) is 0 Å². The van der Waals surface area contributed by atoms with E-state index < -0.39 is 38.0 Å². The summed E-state index contributed by atoms with van der Waals surface area (Å²) in [5.41, 5.74) is 6.63. The molecule has 0 saturated carbocycles. The first kappa shape index (κ1) is 55.4. The first-order valence-corrected chi connectivity index (χ1v) is 29.7. The Hall–Kier alpha value is -6.83. The van der Waals surface area contributed by atoms with Crippen molar-refractivity contribution >= 4 is 51.2 Å². The largest absolute Gasteiger partial charge is 0.382 e. The van der Waals surface area contributed by atoms with Gasteiger partial charge in [-0.25, -0.2) is 0 Å². The van der Waals surface area contributed by atoms with Gasteiger partial charge in [-0.05, 0) is 152 Å². The minimum Gasteiger partial charge on any atom is -0.382 e. The van der Waals surface area contributed by atoms with Gasteiger partial charge in [0.05, 0.1) is 59.0 Å². The van der Waals surface area contributed by atoms with Gasteiger partial charge in [-0.2, -0.15) is 0 Å². The number of nitrogens with zero attached hydrogens (tertiary/aromatic N) is 6. The fraction of sp³-hybridized carbons (Fsp3) is 0.523. The minimum absolute atomic E-state index is 0.0114. The van der Waals surface area contributed by atoms with Gasteiger partial charge in [0, 0.05) is 120 Å². The van der Waals surface area contributed by atoms with Gasteiger partial charge >= 0.3 is 0 Å². The number of likely N-dealkylation sites (N-methyl/N-ethyl adjacent to an activating group) is 2. The molecule has 83 heavy (non-hydrogen) atoms. The summed E-state index contributed by atoms with van der Waals surface area (Å²) in [6.45, 7) is 14.9. The molecule has 8 rings (SSSR count). The molecule has 2 saturated heterocycles. The van der Waals surface area contributed by atoms with Gasteiger partial charge in [-0.15, -0.1) is 0 Å². The predicted octanol–water partition coefficient (Wildman–Crippen LogP) is 8.89. The highest BCUT2D eigenvalue weighted by molar-refractivity contribution is 6.08. The number of rotatable bonds is 28. The van der Waals surface area contributed by atoms with Crippen molar-refractivity contribution in [3.8, 4) is 11.4 Å². The fourth-order valence-electron chi connectivity index (χ4n) is 11.1. The number of ether oxygens (including phenoxy) is 2. The van der Waals surface area contributed by atoms with Crippen LogP contribution in [0.1, 0.15) is 159 Å². The molecule has 18 heteroatoms. The first-order chi connectivity index (χ1) is 42.4. The highest BCUT2D eigenvalue weighted by atomic mass is 16.5. The van der Waals surface area contributed by atoms with Gasteiger partial charge in [0.1, 0.15) is 6.04 Å². The maximum absolute atomic E-state index is 13.8. The van der Waals surface area contributed by atoms with Gasteiger partial charge in [-0.1, -0.05) is 45.9 Å². The highest BCUT2D eigenvalue weighted by Crippen LogP contribution is 2.36. The van der Waals surface area contributed by atoms with Gasteiger partial charge in [-0.3, -0.25) is 33.9 Å². The van der Waals surface area contributed by atoms with E-state index in [2.05, 4.69) is 42.6 Å². The van der Waals surface area contributed by atoms with E-state index >= 15 is 0 Å². The Morgan fingerprint density at radius 2 is 1.20 bits per heavy atom. The van der Waals surface area contributed by atoms with Gasteiger partial charge in [0.25, 0.3) is 5.91 Å². The summed E-state index contributed by atoms with van der Waals surface area (Å²) in [5.74, 6) is -0.928. The number of fused-ring (bicyclic) bond motifs is 2. The van der Waals surface area contributed by atoms with Crippen LogP contribution in [0.4, 0.5) is 0 Å². The maximum atomic E-state index is 13.8. The normalized spacial score (nSPS) is 18.1. The standard InChI is InChI=1S/C33H45N5O4.C32H46N6O3/c1-6-42-18-8-7-14-30(39)27-11-9-12-29-26(27)15-17-37(29)25-19-24(20-35-21-25)28-13-10-16-38(28)33(41)31(22(2)3)36-32(40)23(4)34-5;1-6-41-17-9-14-35-31(39)27-10-7-11-29-26(27)13-16-37(29)25-18-24(20-34-21-25)28-12-8-15-38(28)32(40)30(22(2)3)36-19-23(4)33-5/h9,11-12,15,17,19-23,28,31,34H,6-8,10,13-14,16,18H2,1-5H3,(H,36,40);7,10-11,13,16,18,20-23,28,30,33,36H,6,8-9,12,14-15,17,19H2,1-5H3,(H,35,39)/t23-,28-,31-;23-,28-,30-/m00/s1/i2*5D3. The van der Waals surface area contributed by atoms with E-state index in [-0.39, 0.29) is 53.5 Å². The van der Waals surface area contributed by atoms with Crippen LogP contribution >= 0.6 is 0 Å². The Balaban J connectivity index is 0.000000254. The Morgan fingerprint density at radius 1 is 0.663 bits per heavy atom. The van der Waals surface area contributed by atoms with E-state index in [0.29, 0.717) is 70.2 Å². The number of hydrogen-bond acceptors (Lipinski definition) is 12. The molecule has 4 amide bonds. The van der Waals surface area contributed by atoms with Crippen molar-refractivity contribution in [1.29, 1.82) is 0 Å². The number of pyridine rings is 2. The van der Waals surface area contributed by atoms with E-state index in [1.807, 2.05) is 129 Å². The van der Waals surface area contributed by atoms with E-state index in [0.717, 1.165) is 89.3 Å². The molecule has 448 valence electrons. The van der Waals surface area contributed by atoms with Crippen molar-refractivity contribution in [2.45, 2.75) is 143 Å². The van der Waals surface area contributed by atoms with Crippen LogP contribution in [0.15, 0.2) is 97.8 Å². The van der Waals surface area contributed by atoms with Crippen LogP contribution in [-0.4, -0.2) is 149 Å². The maximum Gasteiger partial charge on any atom is 0.251 e. The number of Topliss-reactive ketones (excluding diaryl/α,β-unsaturated/α-hetero) is 1. The van der Waals surface area contributed by atoms with E-state index in [1.54, 1.807) is 30.4 Å². The van der Waals surface area contributed by atoms with Crippen molar-refractivity contribution in [3.05, 3.63) is 120 Å². The number of benzene rings is 2. The number of unbranched alkanes of at least 4 members (excludes halogenated alkanes) is 1. The van der Waals surface area contributed by atoms with Crippen LogP contribution in [-0.2, 0) is 23.9 Å². The summed E-state index contributed by atoms with van der Waals surface area (Å²) >= 11 is 0. The number of carbonyl (C=O) groups excluding carboxylic acids is 5. The van der Waals surface area contributed by atoms with Gasteiger partial charge < -0.3 is 55.0 Å². The van der Waals surface area contributed by atoms with Crippen LogP contribution in [0.5, 0.6) is 0 Å². The number of carbonyl (C=O) groups is 5. The molecule has 6 atom stereocenters. The Kier molecular flexibility index (Phi) is 20.8. The summed E-state index contributed by atoms with van der Waals surface area (Å²) < 4.78 is 59.3. The molecular weight excluding hydrogens is 1050 g/mol. The second-order valence-electron chi connectivity index (χ2n) is 22.3. The molecule has 2 aliphatic rings. The number of amides is 4. The average Bonchev–Trinajstić information content (AvgIpc) is 3.36. The number of aromatic nitrogens is 4. The number of hydrogen-bond donors (Lipinski definition) is 5. The van der Waals surface area contributed by atoms with Crippen LogP contribution in [0, 0.1) is 11.8 Å². The molecule has 6 aromatic rings. The molecule has 18 nitrogen and oxygen atoms in total. The zero-order valence-corrected chi connectivity index (χ0v) is 49.7. The third kappa shape index (κ3) is 16.1. The third-order valence-electron chi connectivity index (χ3n) is 15.7. The minimum atomic E-state index is -2.47. The monoisotopic (exact) mass is 1140 g/mol. The van der Waals surface area contributed by atoms with E-state index in [1.165, 1.54) is 6.92 Å². The summed E-state index contributed by atoms with van der Waals surface area (Å²) in [5, 5.41) is 15.7. The van der Waals surface area contributed by atoms with E-state index in [4.69, 9.17) is 17.7 Å². The first-order valence-electron chi connectivity index (χ1n) is 32.7. The molecule has 5 N–H and O–H groups in total. The van der Waals surface area contributed by atoms with E-state index in [9.17, 15) is 24.0 Å². The summed E-state index contributed by atoms with van der Waals surface area (Å²) in [6.07, 6.45) is 17.2. The highest BCUT2D eigenvalue weighted by Gasteiger charge is 2.38. The average molecular weight is 1140 g/mol. The van der Waals surface area contributed by atoms with Gasteiger partial charge in [0.2, 0.25) is 17.7 Å². The van der Waals surface area contributed by atoms with Crippen molar-refractivity contribution in [1.82, 2.24) is 55.5 Å². The molecule has 0 unspecified atom stereocenters. The number of nitrogens with one attached hydrogen (secondary N) is 5. The number of ketones is 1. The zero-order valence-electron chi connectivity index (χ0n) is 55.7. The molecule has 0 spiro atoms. The Labute approximate surface area is 499 Å². The smallest absolute Gasteiger partial charge is 0.251 e. The van der Waals surface area contributed by atoms with Crippen molar-refractivity contribution < 1.29 is 41.7 Å². The lowest BCUT2D eigenvalue weighted by molar-refractivity contribution is -0.138. The Bertz CT molecular complexity index is 3330. The lowest BCUT2D eigenvalue weighted by Crippen LogP contribution is -2.54. The van der Waals surface area contributed by atoms with Crippen LogP contribution < -0.4 is 26.6 Å². The lowest BCUT2D eigenvalue weighted by atomic mass is 10.00. The molecule has 0 aliphatic carbocycles. The molecule has 6 heterocycles. The summed E-state index contributed by atoms with van der Waals surface area (Å²) in [6, 6.07) is 16.6. The molecule has 2 aliphatic heterocycles. The van der Waals surface area contributed by atoms with Crippen molar-refractivity contribution in [2.75, 3.05) is 66.6 Å². The SMILES string of the molecule is [2H]C([2H])([2H])N[C@@H](C)C(=O)N[C@H](C(=O)N1CCC[C@H]1c1cncc(-n2ccc3c(C(=O)CCCCOCC)cccc32)c1)C(C)C.[2H]C([2H])([2H])N[C@@H](C)CN[C@H](C(=O)N1CCC[C@H]1c1cncc(-n2ccc3c(C(=O)NCCCOCC)cccc32)c1)C(C)C. The molecule has 2 fully saturated rings. The third-order valence-corrected chi connectivity index (χ3v) is 15.7.